The Bertz CT molecular complexity index is 369. The van der Waals surface area contributed by atoms with Gasteiger partial charge in [-0.3, -0.25) is 11.3 Å². The average molecular weight is 287 g/mol. The van der Waals surface area contributed by atoms with Crippen molar-refractivity contribution in [1.82, 2.24) is 5.43 Å². The molecule has 0 saturated heterocycles. The number of hydrogen-bond acceptors (Lipinski definition) is 2. The van der Waals surface area contributed by atoms with Gasteiger partial charge in [0.1, 0.15) is 0 Å². The maximum atomic E-state index is 6.24. The molecule has 0 amide bonds. The molecule has 18 heavy (non-hydrogen) atoms. The van der Waals surface area contributed by atoms with Crippen molar-refractivity contribution in [2.24, 2.45) is 11.8 Å². The lowest BCUT2D eigenvalue weighted by Crippen LogP contribution is -2.30. The Labute approximate surface area is 119 Å². The van der Waals surface area contributed by atoms with Crippen LogP contribution in [0, 0.1) is 5.92 Å². The predicted molar refractivity (Wildman–Crippen MR) is 77.7 cm³/mol. The molecule has 1 fully saturated rings. The number of halogens is 2. The second kappa shape index (κ2) is 6.76. The Hall–Kier alpha value is -0.280. The van der Waals surface area contributed by atoms with Gasteiger partial charge in [-0.25, -0.2) is 0 Å². The highest BCUT2D eigenvalue weighted by atomic mass is 35.5. The molecule has 4 heteroatoms. The van der Waals surface area contributed by atoms with Crippen LogP contribution in [-0.2, 0) is 0 Å². The van der Waals surface area contributed by atoms with Crippen LogP contribution >= 0.6 is 23.2 Å². The van der Waals surface area contributed by atoms with Crippen molar-refractivity contribution in [3.05, 3.63) is 33.8 Å². The molecular formula is C14H20Cl2N2. The fourth-order valence-electron chi connectivity index (χ4n) is 2.87. The summed E-state index contributed by atoms with van der Waals surface area (Å²) in [5.74, 6) is 6.42. The summed E-state index contributed by atoms with van der Waals surface area (Å²) in [7, 11) is 0. The van der Waals surface area contributed by atoms with E-state index in [1.54, 1.807) is 0 Å². The van der Waals surface area contributed by atoms with Gasteiger partial charge in [0, 0.05) is 21.7 Å². The fourth-order valence-corrected chi connectivity index (χ4v) is 3.53. The first-order valence-corrected chi connectivity index (χ1v) is 7.38. The number of benzene rings is 1. The lowest BCUT2D eigenvalue weighted by molar-refractivity contribution is 0.301. The molecule has 1 atom stereocenters. The number of hydrazine groups is 1. The molecule has 0 heterocycles. The average Bonchev–Trinajstić information content (AvgIpc) is 2.38. The van der Waals surface area contributed by atoms with Crippen LogP contribution in [0.4, 0.5) is 0 Å². The van der Waals surface area contributed by atoms with Crippen molar-refractivity contribution in [2.45, 2.75) is 44.6 Å². The standard InChI is InChI=1S/C14H20Cl2N2/c15-11-7-4-8-12(16)14(11)13(18-17)9-10-5-2-1-3-6-10/h4,7-8,10,13,18H,1-3,5-6,9,17H2. The zero-order chi connectivity index (χ0) is 13.0. The van der Waals surface area contributed by atoms with Crippen LogP contribution in [0.25, 0.3) is 0 Å². The second-order valence-electron chi connectivity index (χ2n) is 5.09. The van der Waals surface area contributed by atoms with E-state index in [2.05, 4.69) is 5.43 Å². The second-order valence-corrected chi connectivity index (χ2v) is 5.91. The topological polar surface area (TPSA) is 38.0 Å². The number of rotatable bonds is 4. The molecule has 1 saturated carbocycles. The summed E-state index contributed by atoms with van der Waals surface area (Å²) in [5.41, 5.74) is 3.82. The summed E-state index contributed by atoms with van der Waals surface area (Å²) in [6.45, 7) is 0. The first-order chi connectivity index (χ1) is 8.72. The van der Waals surface area contributed by atoms with Gasteiger partial charge in [0.15, 0.2) is 0 Å². The molecule has 100 valence electrons. The van der Waals surface area contributed by atoms with Crippen molar-refractivity contribution in [1.29, 1.82) is 0 Å². The highest BCUT2D eigenvalue weighted by molar-refractivity contribution is 6.36. The monoisotopic (exact) mass is 286 g/mol. The third-order valence-corrected chi connectivity index (χ3v) is 4.50. The van der Waals surface area contributed by atoms with E-state index >= 15 is 0 Å². The van der Waals surface area contributed by atoms with Crippen molar-refractivity contribution in [2.75, 3.05) is 0 Å². The van der Waals surface area contributed by atoms with Crippen LogP contribution in [-0.4, -0.2) is 0 Å². The summed E-state index contributed by atoms with van der Waals surface area (Å²) in [6.07, 6.45) is 7.63. The van der Waals surface area contributed by atoms with Crippen LogP contribution in [0.1, 0.15) is 50.1 Å². The number of hydrogen-bond donors (Lipinski definition) is 2. The van der Waals surface area contributed by atoms with Gasteiger partial charge in [-0.1, -0.05) is 61.4 Å². The van der Waals surface area contributed by atoms with Gasteiger partial charge in [-0.15, -0.1) is 0 Å². The molecular weight excluding hydrogens is 267 g/mol. The van der Waals surface area contributed by atoms with Gasteiger partial charge in [0.25, 0.3) is 0 Å². The minimum Gasteiger partial charge on any atom is -0.271 e. The van der Waals surface area contributed by atoms with E-state index < -0.39 is 0 Å². The molecule has 0 radical (unpaired) electrons. The molecule has 1 aromatic carbocycles. The van der Waals surface area contributed by atoms with Gasteiger partial charge < -0.3 is 0 Å². The predicted octanol–water partition coefficient (Wildman–Crippen LogP) is 4.47. The largest absolute Gasteiger partial charge is 0.271 e. The molecule has 2 nitrogen and oxygen atoms in total. The molecule has 1 aromatic rings. The first kappa shape index (κ1) is 14.1. The van der Waals surface area contributed by atoms with Gasteiger partial charge in [-0.05, 0) is 24.5 Å². The summed E-state index contributed by atoms with van der Waals surface area (Å²) in [5, 5.41) is 1.39. The third-order valence-electron chi connectivity index (χ3n) is 3.84. The maximum Gasteiger partial charge on any atom is 0.0492 e. The maximum absolute atomic E-state index is 6.24. The zero-order valence-electron chi connectivity index (χ0n) is 10.5. The summed E-state index contributed by atoms with van der Waals surface area (Å²) >= 11 is 12.5. The Kier molecular flexibility index (Phi) is 5.31. The van der Waals surface area contributed by atoms with Crippen molar-refractivity contribution in [3.63, 3.8) is 0 Å². The summed E-state index contributed by atoms with van der Waals surface area (Å²) < 4.78 is 0. The number of nitrogens with two attached hydrogens (primary N) is 1. The Morgan fingerprint density at radius 2 is 1.78 bits per heavy atom. The smallest absolute Gasteiger partial charge is 0.0492 e. The molecule has 1 aliphatic carbocycles. The van der Waals surface area contributed by atoms with Crippen LogP contribution in [0.5, 0.6) is 0 Å². The fraction of sp³-hybridized carbons (Fsp3) is 0.571. The molecule has 2 rings (SSSR count). The Balaban J connectivity index is 2.12. The van der Waals surface area contributed by atoms with Crippen molar-refractivity contribution < 1.29 is 0 Å². The SMILES string of the molecule is NNC(CC1CCCCC1)c1c(Cl)cccc1Cl. The molecule has 0 aromatic heterocycles. The van der Waals surface area contributed by atoms with Gasteiger partial charge in [0.05, 0.1) is 0 Å². The van der Waals surface area contributed by atoms with E-state index in [0.717, 1.165) is 17.9 Å². The van der Waals surface area contributed by atoms with Crippen LogP contribution in [0.2, 0.25) is 10.0 Å². The van der Waals surface area contributed by atoms with Gasteiger partial charge in [-0.2, -0.15) is 0 Å². The van der Waals surface area contributed by atoms with E-state index in [4.69, 9.17) is 29.0 Å². The van der Waals surface area contributed by atoms with Crippen molar-refractivity contribution >= 4 is 23.2 Å². The minimum atomic E-state index is 0.0503. The van der Waals surface area contributed by atoms with Gasteiger partial charge in [0.2, 0.25) is 0 Å². The molecule has 3 N–H and O–H groups in total. The van der Waals surface area contributed by atoms with Gasteiger partial charge >= 0.3 is 0 Å². The van der Waals surface area contributed by atoms with E-state index in [0.29, 0.717) is 10.0 Å². The highest BCUT2D eigenvalue weighted by Gasteiger charge is 2.22. The quantitative estimate of drug-likeness (QED) is 0.633. The molecule has 1 unspecified atom stereocenters. The third kappa shape index (κ3) is 3.39. The number of nitrogens with one attached hydrogen (secondary N) is 1. The zero-order valence-corrected chi connectivity index (χ0v) is 12.0. The Morgan fingerprint density at radius 3 is 2.33 bits per heavy atom. The molecule has 0 bridgehead atoms. The normalized spacial score (nSPS) is 18.8. The molecule has 0 aliphatic heterocycles. The lowest BCUT2D eigenvalue weighted by Gasteiger charge is -2.27. The van der Waals surface area contributed by atoms with Crippen molar-refractivity contribution in [3.8, 4) is 0 Å². The van der Waals surface area contributed by atoms with E-state index in [1.165, 1.54) is 32.1 Å². The summed E-state index contributed by atoms with van der Waals surface area (Å²) in [6, 6.07) is 5.65. The summed E-state index contributed by atoms with van der Waals surface area (Å²) in [4.78, 5) is 0. The molecule has 1 aliphatic rings. The minimum absolute atomic E-state index is 0.0503. The van der Waals surface area contributed by atoms with Crippen LogP contribution < -0.4 is 11.3 Å². The van der Waals surface area contributed by atoms with Crippen LogP contribution in [0.15, 0.2) is 18.2 Å². The highest BCUT2D eigenvalue weighted by Crippen LogP contribution is 2.36. The van der Waals surface area contributed by atoms with E-state index in [-0.39, 0.29) is 6.04 Å². The molecule has 0 spiro atoms. The van der Waals surface area contributed by atoms with E-state index in [9.17, 15) is 0 Å². The first-order valence-electron chi connectivity index (χ1n) is 6.62. The Morgan fingerprint density at radius 1 is 1.17 bits per heavy atom. The van der Waals surface area contributed by atoms with E-state index in [1.807, 2.05) is 18.2 Å². The van der Waals surface area contributed by atoms with Crippen LogP contribution in [0.3, 0.4) is 0 Å². The lowest BCUT2D eigenvalue weighted by atomic mass is 9.83.